The van der Waals surface area contributed by atoms with E-state index in [1.807, 2.05) is 11.3 Å². The minimum absolute atomic E-state index is 1.13. The summed E-state index contributed by atoms with van der Waals surface area (Å²) in [5, 5.41) is 0. The van der Waals surface area contributed by atoms with Gasteiger partial charge in [-0.1, -0.05) is 0 Å². The van der Waals surface area contributed by atoms with E-state index < -0.39 is 0 Å². The van der Waals surface area contributed by atoms with Crippen molar-refractivity contribution in [3.05, 3.63) is 33.3 Å². The van der Waals surface area contributed by atoms with E-state index in [2.05, 4.69) is 37.6 Å². The third-order valence-corrected chi connectivity index (χ3v) is 4.20. The fourth-order valence-electron chi connectivity index (χ4n) is 2.30. The number of rotatable bonds is 0. The molecule has 72 valence electrons. The van der Waals surface area contributed by atoms with Crippen LogP contribution in [-0.2, 0) is 13.5 Å². The van der Waals surface area contributed by atoms with Crippen molar-refractivity contribution in [2.75, 3.05) is 0 Å². The maximum absolute atomic E-state index is 2.32. The van der Waals surface area contributed by atoms with Crippen LogP contribution in [0.5, 0.6) is 0 Å². The summed E-state index contributed by atoms with van der Waals surface area (Å²) in [5.41, 5.74) is 5.80. The molecule has 2 aromatic heterocycles. The topological polar surface area (TPSA) is 4.93 Å². The van der Waals surface area contributed by atoms with Gasteiger partial charge in [-0.05, 0) is 31.5 Å². The lowest BCUT2D eigenvalue weighted by Gasteiger charge is -2.00. The molecule has 1 aliphatic carbocycles. The van der Waals surface area contributed by atoms with Crippen LogP contribution in [0.3, 0.4) is 0 Å². The molecule has 1 nitrogen and oxygen atoms in total. The third kappa shape index (κ3) is 0.894. The van der Waals surface area contributed by atoms with Crippen LogP contribution in [0.4, 0.5) is 0 Å². The van der Waals surface area contributed by atoms with E-state index in [9.17, 15) is 0 Å². The first-order chi connectivity index (χ1) is 6.66. The van der Waals surface area contributed by atoms with Crippen LogP contribution in [0.2, 0.25) is 0 Å². The predicted octanol–water partition coefficient (Wildman–Crippen LogP) is 3.27. The van der Waals surface area contributed by atoms with E-state index in [-0.39, 0.29) is 0 Å². The summed E-state index contributed by atoms with van der Waals surface area (Å²) in [6.45, 7) is 4.37. The highest BCUT2D eigenvalue weighted by atomic mass is 32.1. The number of nitrogens with zero attached hydrogens (tertiary/aromatic N) is 1. The quantitative estimate of drug-likeness (QED) is 0.528. The van der Waals surface area contributed by atoms with Crippen LogP contribution in [0, 0.1) is 13.8 Å². The van der Waals surface area contributed by atoms with Gasteiger partial charge in [0.1, 0.15) is 0 Å². The zero-order valence-corrected chi connectivity index (χ0v) is 9.53. The summed E-state index contributed by atoms with van der Waals surface area (Å²) in [4.78, 5) is 2.98. The number of thiophene rings is 1. The Labute approximate surface area is 88.0 Å². The maximum Gasteiger partial charge on any atom is 0.0306 e. The summed E-state index contributed by atoms with van der Waals surface area (Å²) in [7, 11) is 2.16. The van der Waals surface area contributed by atoms with Crippen molar-refractivity contribution < 1.29 is 0 Å². The van der Waals surface area contributed by atoms with Gasteiger partial charge in [0.25, 0.3) is 0 Å². The summed E-state index contributed by atoms with van der Waals surface area (Å²) < 4.78 is 2.32. The van der Waals surface area contributed by atoms with Gasteiger partial charge in [0.05, 0.1) is 0 Å². The lowest BCUT2D eigenvalue weighted by molar-refractivity contribution is 0.828. The van der Waals surface area contributed by atoms with Gasteiger partial charge < -0.3 is 4.57 Å². The molecule has 0 bridgehead atoms. The number of hydrogen-bond acceptors (Lipinski definition) is 1. The van der Waals surface area contributed by atoms with Crippen LogP contribution < -0.4 is 0 Å². The highest BCUT2D eigenvalue weighted by Gasteiger charge is 2.24. The van der Waals surface area contributed by atoms with E-state index in [0.717, 1.165) is 6.42 Å². The van der Waals surface area contributed by atoms with Gasteiger partial charge in [-0.3, -0.25) is 0 Å². The smallest absolute Gasteiger partial charge is 0.0306 e. The molecule has 0 atom stereocenters. The van der Waals surface area contributed by atoms with Crippen molar-refractivity contribution in [2.45, 2.75) is 20.3 Å². The predicted molar refractivity (Wildman–Crippen MR) is 61.0 cm³/mol. The molecule has 14 heavy (non-hydrogen) atoms. The van der Waals surface area contributed by atoms with Crippen LogP contribution in [-0.4, -0.2) is 4.57 Å². The van der Waals surface area contributed by atoms with Crippen LogP contribution >= 0.6 is 11.3 Å². The first-order valence-corrected chi connectivity index (χ1v) is 5.73. The Kier molecular flexibility index (Phi) is 1.49. The molecule has 2 heterocycles. The normalized spacial score (nSPS) is 13.1. The average molecular weight is 203 g/mol. The van der Waals surface area contributed by atoms with E-state index in [0.29, 0.717) is 0 Å². The zero-order valence-electron chi connectivity index (χ0n) is 8.72. The average Bonchev–Trinajstić information content (AvgIpc) is 2.69. The second-order valence-corrected chi connectivity index (χ2v) is 5.42. The molecule has 0 aromatic carbocycles. The van der Waals surface area contributed by atoms with Crippen molar-refractivity contribution in [2.24, 2.45) is 7.05 Å². The van der Waals surface area contributed by atoms with E-state index in [1.165, 1.54) is 27.4 Å². The summed E-state index contributed by atoms with van der Waals surface area (Å²) in [6, 6.07) is 4.64. The van der Waals surface area contributed by atoms with Gasteiger partial charge in [-0.25, -0.2) is 0 Å². The van der Waals surface area contributed by atoms with Crippen molar-refractivity contribution in [1.29, 1.82) is 0 Å². The molecule has 3 rings (SSSR count). The van der Waals surface area contributed by atoms with Crippen molar-refractivity contribution in [1.82, 2.24) is 4.57 Å². The van der Waals surface area contributed by atoms with Gasteiger partial charge in [0, 0.05) is 40.2 Å². The molecule has 0 N–H and O–H groups in total. The second kappa shape index (κ2) is 2.51. The number of aromatic nitrogens is 1. The molecule has 0 saturated heterocycles. The summed E-state index contributed by atoms with van der Waals surface area (Å²) in [5.74, 6) is 0. The van der Waals surface area contributed by atoms with Crippen molar-refractivity contribution in [3.63, 3.8) is 0 Å². The molecular formula is C12H13NS. The van der Waals surface area contributed by atoms with Crippen molar-refractivity contribution >= 4 is 11.3 Å². The number of hydrogen-bond donors (Lipinski definition) is 0. The standard InChI is InChI=1S/C12H13NS/c1-7-4-9-10-5-8(2)14-12(10)6-11(9)13(7)3/h4-5H,6H2,1-3H3. The monoisotopic (exact) mass is 203 g/mol. The van der Waals surface area contributed by atoms with Crippen LogP contribution in [0.1, 0.15) is 21.1 Å². The van der Waals surface area contributed by atoms with Crippen molar-refractivity contribution in [3.8, 4) is 11.1 Å². The Balaban J connectivity index is 2.29. The zero-order chi connectivity index (χ0) is 9.87. The molecule has 1 aliphatic rings. The number of fused-ring (bicyclic) bond motifs is 3. The largest absolute Gasteiger partial charge is 0.351 e. The Morgan fingerprint density at radius 1 is 1.21 bits per heavy atom. The van der Waals surface area contributed by atoms with Gasteiger partial charge in [-0.2, -0.15) is 0 Å². The SMILES string of the molecule is Cc1cc2c(s1)Cc1c-2cc(C)n1C. The molecule has 0 aliphatic heterocycles. The molecule has 0 radical (unpaired) electrons. The van der Waals surface area contributed by atoms with Gasteiger partial charge in [-0.15, -0.1) is 11.3 Å². The number of aryl methyl sites for hydroxylation is 2. The van der Waals surface area contributed by atoms with Crippen LogP contribution in [0.25, 0.3) is 11.1 Å². The molecule has 0 amide bonds. The minimum Gasteiger partial charge on any atom is -0.351 e. The van der Waals surface area contributed by atoms with Crippen LogP contribution in [0.15, 0.2) is 12.1 Å². The first-order valence-electron chi connectivity index (χ1n) is 4.91. The fourth-order valence-corrected chi connectivity index (χ4v) is 3.36. The van der Waals surface area contributed by atoms with Gasteiger partial charge >= 0.3 is 0 Å². The lowest BCUT2D eigenvalue weighted by atomic mass is 10.2. The molecule has 0 fully saturated rings. The third-order valence-electron chi connectivity index (χ3n) is 3.15. The summed E-state index contributed by atoms with van der Waals surface area (Å²) >= 11 is 1.94. The summed E-state index contributed by atoms with van der Waals surface area (Å²) in [6.07, 6.45) is 1.13. The molecular weight excluding hydrogens is 190 g/mol. The van der Waals surface area contributed by atoms with Gasteiger partial charge in [0.15, 0.2) is 0 Å². The molecule has 0 spiro atoms. The highest BCUT2D eigenvalue weighted by molar-refractivity contribution is 7.12. The second-order valence-electron chi connectivity index (χ2n) is 4.08. The molecule has 0 unspecified atom stereocenters. The molecule has 2 aromatic rings. The maximum atomic E-state index is 2.32. The Hall–Kier alpha value is -1.02. The first kappa shape index (κ1) is 8.30. The Bertz CT molecular complexity index is 517. The minimum atomic E-state index is 1.13. The fraction of sp³-hybridized carbons (Fsp3) is 0.333. The molecule has 0 saturated carbocycles. The van der Waals surface area contributed by atoms with E-state index in [4.69, 9.17) is 0 Å². The van der Waals surface area contributed by atoms with Gasteiger partial charge in [0.2, 0.25) is 0 Å². The highest BCUT2D eigenvalue weighted by Crippen LogP contribution is 2.42. The Morgan fingerprint density at radius 3 is 2.79 bits per heavy atom. The Morgan fingerprint density at radius 2 is 2.00 bits per heavy atom. The molecule has 2 heteroatoms. The van der Waals surface area contributed by atoms with E-state index >= 15 is 0 Å². The van der Waals surface area contributed by atoms with E-state index in [1.54, 1.807) is 4.88 Å². The lowest BCUT2D eigenvalue weighted by Crippen LogP contribution is -1.95.